The van der Waals surface area contributed by atoms with Gasteiger partial charge in [0.05, 0.1) is 12.1 Å². The van der Waals surface area contributed by atoms with Gasteiger partial charge in [-0.15, -0.1) is 0 Å². The van der Waals surface area contributed by atoms with Crippen LogP contribution >= 0.6 is 12.2 Å². The van der Waals surface area contributed by atoms with Crippen molar-refractivity contribution in [2.45, 2.75) is 45.4 Å². The molecule has 10 heteroatoms. The van der Waals surface area contributed by atoms with Crippen LogP contribution in [0.2, 0.25) is 0 Å². The Kier molecular flexibility index (Phi) is 8.14. The highest BCUT2D eigenvalue weighted by molar-refractivity contribution is 7.80. The summed E-state index contributed by atoms with van der Waals surface area (Å²) in [6, 6.07) is 14.7. The molecule has 3 rings (SSSR count). The number of guanidine groups is 1. The van der Waals surface area contributed by atoms with Crippen LogP contribution in [0.3, 0.4) is 0 Å². The first kappa shape index (κ1) is 25.5. The molecule has 1 heterocycles. The van der Waals surface area contributed by atoms with Crippen LogP contribution < -0.4 is 15.4 Å². The van der Waals surface area contributed by atoms with Crippen LogP contribution in [-0.2, 0) is 0 Å². The summed E-state index contributed by atoms with van der Waals surface area (Å²) >= 11 is 5.68. The molecule has 0 amide bonds. The zero-order chi connectivity index (χ0) is 24.9. The molecule has 1 aliphatic heterocycles. The van der Waals surface area contributed by atoms with Crippen molar-refractivity contribution in [1.29, 1.82) is 0 Å². The van der Waals surface area contributed by atoms with Crippen molar-refractivity contribution in [3.05, 3.63) is 71.8 Å². The van der Waals surface area contributed by atoms with Crippen LogP contribution in [-0.4, -0.2) is 41.1 Å². The third-order valence-corrected chi connectivity index (χ3v) is 5.56. The summed E-state index contributed by atoms with van der Waals surface area (Å²) in [6.45, 7) is 6.47. The second-order valence-corrected chi connectivity index (χ2v) is 8.22. The predicted octanol–water partition coefficient (Wildman–Crippen LogP) is 5.98. The molecule has 2 aromatic carbocycles. The number of hydrogen-bond acceptors (Lipinski definition) is 4. The van der Waals surface area contributed by atoms with E-state index in [-0.39, 0.29) is 17.2 Å². The zero-order valence-corrected chi connectivity index (χ0v) is 19.8. The molecule has 2 aromatic rings. The van der Waals surface area contributed by atoms with Crippen molar-refractivity contribution < 1.29 is 22.3 Å². The lowest BCUT2D eigenvalue weighted by Gasteiger charge is -2.31. The van der Waals surface area contributed by atoms with Gasteiger partial charge in [0.15, 0.2) is 5.11 Å². The predicted molar refractivity (Wildman–Crippen MR) is 130 cm³/mol. The van der Waals surface area contributed by atoms with Gasteiger partial charge in [0, 0.05) is 18.3 Å². The Morgan fingerprint density at radius 3 is 2.56 bits per heavy atom. The number of benzene rings is 2. The van der Waals surface area contributed by atoms with E-state index in [1.165, 1.54) is 18.2 Å². The van der Waals surface area contributed by atoms with Gasteiger partial charge < -0.3 is 15.4 Å². The van der Waals surface area contributed by atoms with Crippen molar-refractivity contribution in [2.75, 3.05) is 11.9 Å². The number of alkyl halides is 4. The summed E-state index contributed by atoms with van der Waals surface area (Å²) in [5.74, 6) is 0.153. The second-order valence-electron chi connectivity index (χ2n) is 7.83. The fraction of sp³-hybridized carbons (Fsp3) is 0.333. The topological polar surface area (TPSA) is 48.9 Å². The molecule has 34 heavy (non-hydrogen) atoms. The number of ether oxygens (including phenoxy) is 1. The average Bonchev–Trinajstić information content (AvgIpc) is 3.14. The van der Waals surface area contributed by atoms with E-state index in [0.29, 0.717) is 18.2 Å². The minimum Gasteiger partial charge on any atom is -0.428 e. The SMILES string of the molecule is C/C=C(\C)CNC1=NC(C)C(c2ccccc2)N1C(=S)Nc1cccc(OC(F)(F)C(F)F)c1. The lowest BCUT2D eigenvalue weighted by atomic mass is 10.0. The summed E-state index contributed by atoms with van der Waals surface area (Å²) < 4.78 is 55.9. The van der Waals surface area contributed by atoms with Crippen LogP contribution in [0.5, 0.6) is 5.75 Å². The first-order chi connectivity index (χ1) is 16.1. The third-order valence-electron chi connectivity index (χ3n) is 5.26. The van der Waals surface area contributed by atoms with Crippen LogP contribution in [0.15, 0.2) is 71.2 Å². The molecule has 0 aromatic heterocycles. The maximum Gasteiger partial charge on any atom is 0.461 e. The maximum absolute atomic E-state index is 13.3. The molecule has 0 aliphatic carbocycles. The molecule has 0 radical (unpaired) electrons. The molecular weight excluding hydrogens is 468 g/mol. The number of hydrogen-bond donors (Lipinski definition) is 2. The van der Waals surface area contributed by atoms with E-state index in [1.807, 2.05) is 62.1 Å². The lowest BCUT2D eigenvalue weighted by molar-refractivity contribution is -0.253. The smallest absolute Gasteiger partial charge is 0.428 e. The van der Waals surface area contributed by atoms with Gasteiger partial charge in [0.2, 0.25) is 5.96 Å². The molecule has 2 unspecified atom stereocenters. The average molecular weight is 495 g/mol. The lowest BCUT2D eigenvalue weighted by Crippen LogP contribution is -2.46. The Hall–Kier alpha value is -3.14. The van der Waals surface area contributed by atoms with Gasteiger partial charge in [0.1, 0.15) is 5.75 Å². The van der Waals surface area contributed by atoms with Gasteiger partial charge in [-0.1, -0.05) is 48.0 Å². The molecule has 182 valence electrons. The van der Waals surface area contributed by atoms with E-state index in [0.717, 1.165) is 11.1 Å². The van der Waals surface area contributed by atoms with Gasteiger partial charge in [-0.3, -0.25) is 4.90 Å². The summed E-state index contributed by atoms with van der Waals surface area (Å²) in [6.07, 6.45) is -6.56. The highest BCUT2D eigenvalue weighted by atomic mass is 32.1. The molecule has 0 spiro atoms. The Balaban J connectivity index is 1.85. The fourth-order valence-corrected chi connectivity index (χ4v) is 3.77. The van der Waals surface area contributed by atoms with Crippen LogP contribution in [0, 0.1) is 0 Å². The summed E-state index contributed by atoms with van der Waals surface area (Å²) in [4.78, 5) is 6.58. The summed E-state index contributed by atoms with van der Waals surface area (Å²) in [5.41, 5.74) is 2.42. The van der Waals surface area contributed by atoms with Crippen LogP contribution in [0.25, 0.3) is 0 Å². The van der Waals surface area contributed by atoms with E-state index in [4.69, 9.17) is 17.2 Å². The second kappa shape index (κ2) is 10.9. The Labute approximate surface area is 201 Å². The number of rotatable bonds is 7. The number of thiocarbonyl (C=S) groups is 1. The number of nitrogens with one attached hydrogen (secondary N) is 2. The van der Waals surface area contributed by atoms with Crippen molar-refractivity contribution in [3.8, 4) is 5.75 Å². The van der Waals surface area contributed by atoms with Crippen molar-refractivity contribution in [3.63, 3.8) is 0 Å². The van der Waals surface area contributed by atoms with Gasteiger partial charge in [-0.05, 0) is 50.7 Å². The van der Waals surface area contributed by atoms with Gasteiger partial charge in [0.25, 0.3) is 0 Å². The molecule has 2 atom stereocenters. The first-order valence-corrected chi connectivity index (χ1v) is 11.1. The van der Waals surface area contributed by atoms with Gasteiger partial charge in [-0.25, -0.2) is 4.99 Å². The van der Waals surface area contributed by atoms with Crippen molar-refractivity contribution in [1.82, 2.24) is 10.2 Å². The highest BCUT2D eigenvalue weighted by Gasteiger charge is 2.44. The highest BCUT2D eigenvalue weighted by Crippen LogP contribution is 2.33. The number of aliphatic imine (C=N–C) groups is 1. The number of nitrogens with zero attached hydrogens (tertiary/aromatic N) is 2. The third kappa shape index (κ3) is 6.05. The summed E-state index contributed by atoms with van der Waals surface area (Å²) in [5, 5.41) is 6.57. The molecule has 5 nitrogen and oxygen atoms in total. The monoisotopic (exact) mass is 494 g/mol. The fourth-order valence-electron chi connectivity index (χ4n) is 3.45. The number of halogens is 4. The quantitative estimate of drug-likeness (QED) is 0.282. The van der Waals surface area contributed by atoms with Crippen molar-refractivity contribution in [2.24, 2.45) is 4.99 Å². The van der Waals surface area contributed by atoms with E-state index in [2.05, 4.69) is 15.4 Å². The normalized spacial score (nSPS) is 18.6. The Bertz CT molecular complexity index is 1060. The minimum atomic E-state index is -4.60. The Morgan fingerprint density at radius 1 is 1.21 bits per heavy atom. The minimum absolute atomic E-state index is 0.130. The van der Waals surface area contributed by atoms with Crippen molar-refractivity contribution >= 4 is 29.0 Å². The molecule has 0 saturated heterocycles. The van der Waals surface area contributed by atoms with Gasteiger partial charge in [-0.2, -0.15) is 17.6 Å². The molecule has 2 N–H and O–H groups in total. The van der Waals surface area contributed by atoms with E-state index >= 15 is 0 Å². The molecular formula is C24H26F4N4OS. The zero-order valence-electron chi connectivity index (χ0n) is 18.9. The molecule has 0 bridgehead atoms. The number of allylic oxidation sites excluding steroid dienone is 1. The standard InChI is InChI=1S/C24H26F4N4OS/c1-4-15(2)14-29-22-30-16(3)20(17-9-6-5-7-10-17)32(22)23(34)31-18-11-8-12-19(13-18)33-24(27,28)21(25)26/h4-13,16,20-21H,14H2,1-3H3,(H,29,30)(H,31,34)/b15-4+. The van der Waals surface area contributed by atoms with Gasteiger partial charge >= 0.3 is 12.5 Å². The van der Waals surface area contributed by atoms with Crippen LogP contribution in [0.4, 0.5) is 23.2 Å². The maximum atomic E-state index is 13.3. The van der Waals surface area contributed by atoms with E-state index < -0.39 is 18.3 Å². The largest absolute Gasteiger partial charge is 0.461 e. The van der Waals surface area contributed by atoms with E-state index in [1.54, 1.807) is 6.07 Å². The number of anilines is 1. The molecule has 0 fully saturated rings. The van der Waals surface area contributed by atoms with Crippen LogP contribution in [0.1, 0.15) is 32.4 Å². The summed E-state index contributed by atoms with van der Waals surface area (Å²) in [7, 11) is 0. The van der Waals surface area contributed by atoms with E-state index in [9.17, 15) is 17.6 Å². The molecule has 0 saturated carbocycles. The molecule has 1 aliphatic rings. The Morgan fingerprint density at radius 2 is 1.91 bits per heavy atom. The first-order valence-electron chi connectivity index (χ1n) is 10.7.